The van der Waals surface area contributed by atoms with Gasteiger partial charge in [-0.3, -0.25) is 25.8 Å². The normalized spacial score (nSPS) is 9.85. The van der Waals surface area contributed by atoms with Crippen LogP contribution in [0.5, 0.6) is 11.5 Å². The first kappa shape index (κ1) is 20.2. The highest BCUT2D eigenvalue weighted by molar-refractivity contribution is 7.80. The number of carbonyl (C=O) groups is 2. The molecule has 7 nitrogen and oxygen atoms in total. The van der Waals surface area contributed by atoms with Crippen LogP contribution >= 0.6 is 12.2 Å². The number of rotatable bonds is 6. The zero-order chi connectivity index (χ0) is 19.6. The fraction of sp³-hybridized carbons (Fsp3) is 0.211. The number of carbonyl (C=O) groups excluding carboxylic acids is 2. The third kappa shape index (κ3) is 6.59. The molecule has 0 unspecified atom stereocenters. The molecule has 0 radical (unpaired) electrons. The molecule has 0 aromatic heterocycles. The summed E-state index contributed by atoms with van der Waals surface area (Å²) in [6.07, 6.45) is 0. The largest absolute Gasteiger partial charge is 0.493 e. The minimum Gasteiger partial charge on any atom is -0.493 e. The van der Waals surface area contributed by atoms with Crippen LogP contribution in [0.4, 0.5) is 0 Å². The molecule has 0 fully saturated rings. The van der Waals surface area contributed by atoms with Crippen molar-refractivity contribution in [3.05, 3.63) is 59.7 Å². The van der Waals surface area contributed by atoms with E-state index in [-0.39, 0.29) is 11.7 Å². The van der Waals surface area contributed by atoms with Gasteiger partial charge < -0.3 is 9.47 Å². The smallest absolute Gasteiger partial charge is 0.276 e. The number of benzene rings is 2. The molecule has 2 rings (SSSR count). The van der Waals surface area contributed by atoms with Crippen molar-refractivity contribution < 1.29 is 19.1 Å². The topological polar surface area (TPSA) is 88.7 Å². The van der Waals surface area contributed by atoms with Gasteiger partial charge in [0.2, 0.25) is 0 Å². The zero-order valence-electron chi connectivity index (χ0n) is 15.1. The first-order valence-electron chi connectivity index (χ1n) is 8.31. The lowest BCUT2D eigenvalue weighted by atomic mass is 10.2. The summed E-state index contributed by atoms with van der Waals surface area (Å²) >= 11 is 5.01. The maximum Gasteiger partial charge on any atom is 0.276 e. The number of amides is 2. The fourth-order valence-corrected chi connectivity index (χ4v) is 2.30. The van der Waals surface area contributed by atoms with Crippen LogP contribution in [0.25, 0.3) is 0 Å². The zero-order valence-corrected chi connectivity index (χ0v) is 15.9. The lowest BCUT2D eigenvalue weighted by Gasteiger charge is -2.13. The minimum atomic E-state index is -0.443. The predicted octanol–water partition coefficient (Wildman–Crippen LogP) is 2.11. The van der Waals surface area contributed by atoms with Gasteiger partial charge in [-0.2, -0.15) is 0 Å². The molecule has 142 valence electrons. The van der Waals surface area contributed by atoms with Gasteiger partial charge in [0.15, 0.2) is 11.7 Å². The van der Waals surface area contributed by atoms with E-state index in [1.54, 1.807) is 30.3 Å². The molecule has 8 heteroatoms. The summed E-state index contributed by atoms with van der Waals surface area (Å²) in [5.74, 6) is 0.161. The molecular formula is C19H21N3O4S. The fourth-order valence-electron chi connectivity index (χ4n) is 2.15. The molecule has 2 aromatic rings. The summed E-state index contributed by atoms with van der Waals surface area (Å²) in [5.41, 5.74) is 6.20. The van der Waals surface area contributed by atoms with Crippen LogP contribution in [-0.2, 0) is 4.79 Å². The maximum absolute atomic E-state index is 12.3. The Balaban J connectivity index is 1.78. The molecule has 0 aliphatic carbocycles. The number of aryl methyl sites for hydroxylation is 1. The second-order valence-electron chi connectivity index (χ2n) is 5.49. The lowest BCUT2D eigenvalue weighted by Crippen LogP contribution is -2.49. The Labute approximate surface area is 163 Å². The molecule has 0 aliphatic heterocycles. The molecular weight excluding hydrogens is 366 g/mol. The van der Waals surface area contributed by atoms with Crippen molar-refractivity contribution in [3.63, 3.8) is 0 Å². The quantitative estimate of drug-likeness (QED) is 0.520. The minimum absolute atomic E-state index is 0.0461. The van der Waals surface area contributed by atoms with E-state index in [4.69, 9.17) is 21.7 Å². The Kier molecular flexibility index (Phi) is 7.57. The van der Waals surface area contributed by atoms with E-state index in [1.165, 1.54) is 0 Å². The van der Waals surface area contributed by atoms with Gasteiger partial charge in [-0.05, 0) is 55.9 Å². The van der Waals surface area contributed by atoms with Gasteiger partial charge >= 0.3 is 0 Å². The Hall–Kier alpha value is -3.13. The van der Waals surface area contributed by atoms with Gasteiger partial charge in [0, 0.05) is 0 Å². The molecule has 0 saturated carbocycles. The Morgan fingerprint density at radius 1 is 1.04 bits per heavy atom. The van der Waals surface area contributed by atoms with E-state index < -0.39 is 11.8 Å². The van der Waals surface area contributed by atoms with Crippen molar-refractivity contribution >= 4 is 29.1 Å². The number of hydrogen-bond donors (Lipinski definition) is 3. The molecule has 0 aliphatic rings. The number of ether oxygens (including phenoxy) is 2. The van der Waals surface area contributed by atoms with Crippen molar-refractivity contribution in [2.24, 2.45) is 0 Å². The molecule has 3 N–H and O–H groups in total. The van der Waals surface area contributed by atoms with Crippen molar-refractivity contribution in [3.8, 4) is 11.5 Å². The van der Waals surface area contributed by atoms with Crippen LogP contribution in [0.3, 0.4) is 0 Å². The summed E-state index contributed by atoms with van der Waals surface area (Å²) in [7, 11) is 0. The average Bonchev–Trinajstić information content (AvgIpc) is 2.65. The van der Waals surface area contributed by atoms with Gasteiger partial charge in [0.05, 0.1) is 12.2 Å². The van der Waals surface area contributed by atoms with Crippen LogP contribution in [0.2, 0.25) is 0 Å². The summed E-state index contributed by atoms with van der Waals surface area (Å²) in [6.45, 7) is 4.00. The SMILES string of the molecule is CCOc1ccccc1C(=O)NC(=S)NNC(=O)COc1cccc(C)c1. The maximum atomic E-state index is 12.3. The number of nitrogens with one attached hydrogen (secondary N) is 3. The molecule has 2 amide bonds. The van der Waals surface area contributed by atoms with Crippen molar-refractivity contribution in [1.82, 2.24) is 16.2 Å². The van der Waals surface area contributed by atoms with E-state index in [1.807, 2.05) is 32.0 Å². The highest BCUT2D eigenvalue weighted by Crippen LogP contribution is 2.17. The molecule has 0 spiro atoms. The van der Waals surface area contributed by atoms with Crippen LogP contribution in [0.1, 0.15) is 22.8 Å². The van der Waals surface area contributed by atoms with Crippen LogP contribution in [-0.4, -0.2) is 30.1 Å². The first-order chi connectivity index (χ1) is 13.0. The molecule has 0 heterocycles. The third-order valence-electron chi connectivity index (χ3n) is 3.33. The van der Waals surface area contributed by atoms with Gasteiger partial charge in [-0.1, -0.05) is 24.3 Å². The van der Waals surface area contributed by atoms with E-state index in [9.17, 15) is 9.59 Å². The van der Waals surface area contributed by atoms with Crippen LogP contribution < -0.4 is 25.6 Å². The number of hydrogen-bond acceptors (Lipinski definition) is 5. The summed E-state index contributed by atoms with van der Waals surface area (Å²) in [5, 5.41) is 2.43. The van der Waals surface area contributed by atoms with E-state index >= 15 is 0 Å². The van der Waals surface area contributed by atoms with E-state index in [0.717, 1.165) is 5.56 Å². The van der Waals surface area contributed by atoms with Crippen LogP contribution in [0.15, 0.2) is 48.5 Å². The second-order valence-corrected chi connectivity index (χ2v) is 5.90. The molecule has 27 heavy (non-hydrogen) atoms. The molecule has 2 aromatic carbocycles. The summed E-state index contributed by atoms with van der Waals surface area (Å²) < 4.78 is 10.8. The van der Waals surface area contributed by atoms with Crippen molar-refractivity contribution in [2.45, 2.75) is 13.8 Å². The van der Waals surface area contributed by atoms with Gasteiger partial charge in [-0.25, -0.2) is 0 Å². The lowest BCUT2D eigenvalue weighted by molar-refractivity contribution is -0.123. The molecule has 0 saturated heterocycles. The van der Waals surface area contributed by atoms with Crippen LogP contribution in [0, 0.1) is 6.92 Å². The predicted molar refractivity (Wildman–Crippen MR) is 106 cm³/mol. The summed E-state index contributed by atoms with van der Waals surface area (Å²) in [4.78, 5) is 24.1. The monoisotopic (exact) mass is 387 g/mol. The first-order valence-corrected chi connectivity index (χ1v) is 8.72. The Bertz CT molecular complexity index is 826. The number of hydrazine groups is 1. The van der Waals surface area contributed by atoms with Gasteiger partial charge in [0.1, 0.15) is 11.5 Å². The highest BCUT2D eigenvalue weighted by Gasteiger charge is 2.13. The highest BCUT2D eigenvalue weighted by atomic mass is 32.1. The molecule has 0 atom stereocenters. The Morgan fingerprint density at radius 2 is 1.81 bits per heavy atom. The van der Waals surface area contributed by atoms with E-state index in [2.05, 4.69) is 16.2 Å². The van der Waals surface area contributed by atoms with Crippen molar-refractivity contribution in [2.75, 3.05) is 13.2 Å². The van der Waals surface area contributed by atoms with E-state index in [0.29, 0.717) is 23.7 Å². The standard InChI is InChI=1S/C19H21N3O4S/c1-3-25-16-10-5-4-9-15(16)18(24)20-19(27)22-21-17(23)12-26-14-8-6-7-13(2)11-14/h4-11H,3,12H2,1-2H3,(H,21,23)(H2,20,22,24,27). The number of para-hydroxylation sites is 1. The number of thiocarbonyl (C=S) groups is 1. The van der Waals surface area contributed by atoms with Gasteiger partial charge in [-0.15, -0.1) is 0 Å². The Morgan fingerprint density at radius 3 is 2.56 bits per heavy atom. The molecule has 0 bridgehead atoms. The summed E-state index contributed by atoms with van der Waals surface area (Å²) in [6, 6.07) is 14.2. The third-order valence-corrected chi connectivity index (χ3v) is 3.54. The van der Waals surface area contributed by atoms with Gasteiger partial charge in [0.25, 0.3) is 11.8 Å². The second kappa shape index (κ2) is 10.1. The average molecular weight is 387 g/mol. The van der Waals surface area contributed by atoms with Crippen molar-refractivity contribution in [1.29, 1.82) is 0 Å².